The van der Waals surface area contributed by atoms with Crippen LogP contribution in [0.25, 0.3) is 11.1 Å². The number of aliphatic hydroxyl groups is 1. The zero-order valence-electron chi connectivity index (χ0n) is 17.3. The topological polar surface area (TPSA) is 87.4 Å². The summed E-state index contributed by atoms with van der Waals surface area (Å²) in [5.74, 6) is 0.969. The van der Waals surface area contributed by atoms with Crippen molar-refractivity contribution in [2.24, 2.45) is 5.92 Å². The van der Waals surface area contributed by atoms with Gasteiger partial charge in [-0.25, -0.2) is 0 Å². The molecule has 158 valence electrons. The number of nitrogens with one attached hydrogen (secondary N) is 2. The third-order valence-corrected chi connectivity index (χ3v) is 6.34. The molecular formula is C22H31N3O3S. The largest absolute Gasteiger partial charge is 0.395 e. The number of anilines is 1. The fraction of sp³-hybridized carbons (Fsp3) is 0.545. The zero-order chi connectivity index (χ0) is 19.9. The Kier molecular flexibility index (Phi) is 6.41. The molecule has 2 aliphatic rings. The Morgan fingerprint density at radius 3 is 2.66 bits per heavy atom. The summed E-state index contributed by atoms with van der Waals surface area (Å²) in [5, 5.41) is 20.4. The van der Waals surface area contributed by atoms with E-state index in [4.69, 9.17) is 4.52 Å². The highest BCUT2D eigenvalue weighted by molar-refractivity contribution is 7.59. The first-order valence-corrected chi connectivity index (χ1v) is 10.2. The van der Waals surface area contributed by atoms with E-state index in [0.29, 0.717) is 0 Å². The Morgan fingerprint density at radius 2 is 2.03 bits per heavy atom. The number of carbonyl (C=O) groups is 1. The van der Waals surface area contributed by atoms with E-state index < -0.39 is 5.54 Å². The summed E-state index contributed by atoms with van der Waals surface area (Å²) in [5.41, 5.74) is 3.84. The highest BCUT2D eigenvalue weighted by Crippen LogP contribution is 2.48. The van der Waals surface area contributed by atoms with E-state index >= 15 is 0 Å². The highest BCUT2D eigenvalue weighted by Gasteiger charge is 2.52. The molecule has 3 N–H and O–H groups in total. The average Bonchev–Trinajstić information content (AvgIpc) is 3.18. The molecule has 6 nitrogen and oxygen atoms in total. The third-order valence-electron chi connectivity index (χ3n) is 6.34. The molecular weight excluding hydrogens is 386 g/mol. The monoisotopic (exact) mass is 417 g/mol. The number of fused-ring (bicyclic) bond motifs is 1. The van der Waals surface area contributed by atoms with Crippen LogP contribution in [-0.4, -0.2) is 28.8 Å². The molecule has 2 heterocycles. The van der Waals surface area contributed by atoms with Gasteiger partial charge in [0, 0.05) is 22.9 Å². The number of aromatic nitrogens is 1. The molecule has 7 heteroatoms. The van der Waals surface area contributed by atoms with Crippen molar-refractivity contribution in [1.29, 1.82) is 0 Å². The zero-order valence-corrected chi connectivity index (χ0v) is 18.3. The van der Waals surface area contributed by atoms with Gasteiger partial charge in [0.05, 0.1) is 12.3 Å². The first kappa shape index (κ1) is 21.9. The van der Waals surface area contributed by atoms with E-state index in [9.17, 15) is 9.90 Å². The van der Waals surface area contributed by atoms with Crippen molar-refractivity contribution in [2.75, 3.05) is 11.9 Å². The maximum Gasteiger partial charge on any atom is 0.249 e. The van der Waals surface area contributed by atoms with Gasteiger partial charge in [0.25, 0.3) is 0 Å². The lowest BCUT2D eigenvalue weighted by Gasteiger charge is -2.40. The summed E-state index contributed by atoms with van der Waals surface area (Å²) in [6.07, 6.45) is 5.50. The van der Waals surface area contributed by atoms with Crippen LogP contribution < -0.4 is 10.6 Å². The number of nitrogens with zero attached hydrogens (tertiary/aromatic N) is 1. The minimum atomic E-state index is -0.813. The summed E-state index contributed by atoms with van der Waals surface area (Å²) < 4.78 is 5.36. The van der Waals surface area contributed by atoms with Gasteiger partial charge in [-0.05, 0) is 57.2 Å². The molecule has 1 aliphatic heterocycles. The van der Waals surface area contributed by atoms with Gasteiger partial charge in [-0.2, -0.15) is 13.5 Å². The molecule has 4 rings (SSSR count). The fourth-order valence-corrected chi connectivity index (χ4v) is 5.01. The molecule has 1 aliphatic carbocycles. The number of aryl methyl sites for hydroxylation is 2. The summed E-state index contributed by atoms with van der Waals surface area (Å²) in [6.45, 7) is 5.75. The van der Waals surface area contributed by atoms with Crippen LogP contribution in [0.5, 0.6) is 0 Å². The summed E-state index contributed by atoms with van der Waals surface area (Å²) in [4.78, 5) is 13.3. The van der Waals surface area contributed by atoms with Gasteiger partial charge in [-0.3, -0.25) is 10.1 Å². The molecule has 1 fully saturated rings. The van der Waals surface area contributed by atoms with Crippen LogP contribution in [0, 0.1) is 19.8 Å². The molecule has 0 saturated heterocycles. The number of aliphatic hydroxyl groups excluding tert-OH is 1. The van der Waals surface area contributed by atoms with E-state index in [2.05, 4.69) is 21.9 Å². The van der Waals surface area contributed by atoms with E-state index in [-0.39, 0.29) is 38.0 Å². The van der Waals surface area contributed by atoms with Crippen LogP contribution in [0.3, 0.4) is 0 Å². The van der Waals surface area contributed by atoms with Gasteiger partial charge in [0.2, 0.25) is 5.91 Å². The van der Waals surface area contributed by atoms with Crippen molar-refractivity contribution in [3.63, 3.8) is 0 Å². The molecule has 1 unspecified atom stereocenters. The van der Waals surface area contributed by atoms with Crippen molar-refractivity contribution in [3.8, 4) is 11.1 Å². The van der Waals surface area contributed by atoms with Crippen LogP contribution in [0.1, 0.15) is 56.0 Å². The number of rotatable bonds is 5. The predicted molar refractivity (Wildman–Crippen MR) is 118 cm³/mol. The lowest BCUT2D eigenvalue weighted by molar-refractivity contribution is -0.125. The van der Waals surface area contributed by atoms with E-state index in [0.717, 1.165) is 59.5 Å². The summed E-state index contributed by atoms with van der Waals surface area (Å²) in [7, 11) is 0. The van der Waals surface area contributed by atoms with Crippen LogP contribution in [0.4, 0.5) is 5.69 Å². The van der Waals surface area contributed by atoms with Gasteiger partial charge >= 0.3 is 0 Å². The first-order valence-electron chi connectivity index (χ1n) is 10.2. The Labute approximate surface area is 178 Å². The van der Waals surface area contributed by atoms with Gasteiger partial charge in [-0.1, -0.05) is 30.5 Å². The molecule has 0 radical (unpaired) electrons. The summed E-state index contributed by atoms with van der Waals surface area (Å²) in [6, 6.07) is 5.91. The predicted octanol–water partition coefficient (Wildman–Crippen LogP) is 3.77. The standard InChI is InChI=1S/C22H29N3O3.H2S/c1-13(12-26)24-22(17-7-5-4-6-8-17)18-11-16(9-10-19(18)23-21(22)27)20-14(2)25-28-15(20)3;/h9-11,13,17,24,26H,4-8,12H2,1-3H3,(H,23,27);1H2/t13-,22?;/m0./s1. The Hall–Kier alpha value is -1.83. The fourth-order valence-electron chi connectivity index (χ4n) is 5.01. The Bertz CT molecular complexity index is 872. The normalized spacial score (nSPS) is 22.7. The van der Waals surface area contributed by atoms with Crippen molar-refractivity contribution >= 4 is 25.1 Å². The quantitative estimate of drug-likeness (QED) is 0.689. The number of hydrogen-bond acceptors (Lipinski definition) is 5. The van der Waals surface area contributed by atoms with Crippen LogP contribution in [-0.2, 0) is 10.3 Å². The van der Waals surface area contributed by atoms with Crippen LogP contribution in [0.15, 0.2) is 22.7 Å². The molecule has 2 aromatic rings. The highest BCUT2D eigenvalue weighted by atomic mass is 32.1. The van der Waals surface area contributed by atoms with Crippen molar-refractivity contribution in [1.82, 2.24) is 10.5 Å². The van der Waals surface area contributed by atoms with Gasteiger partial charge in [0.1, 0.15) is 11.3 Å². The lowest BCUT2D eigenvalue weighted by atomic mass is 9.70. The Morgan fingerprint density at radius 1 is 1.31 bits per heavy atom. The second kappa shape index (κ2) is 8.50. The van der Waals surface area contributed by atoms with E-state index in [1.807, 2.05) is 32.9 Å². The van der Waals surface area contributed by atoms with Crippen molar-refractivity contribution in [3.05, 3.63) is 35.2 Å². The maximum absolute atomic E-state index is 13.3. The van der Waals surface area contributed by atoms with Crippen molar-refractivity contribution < 1.29 is 14.4 Å². The third kappa shape index (κ3) is 3.60. The second-order valence-corrected chi connectivity index (χ2v) is 8.28. The molecule has 0 bridgehead atoms. The minimum absolute atomic E-state index is 0. The van der Waals surface area contributed by atoms with Crippen LogP contribution >= 0.6 is 13.5 Å². The van der Waals surface area contributed by atoms with Gasteiger partial charge in [0.15, 0.2) is 0 Å². The Balaban J connectivity index is 0.00000240. The van der Waals surface area contributed by atoms with Gasteiger partial charge in [-0.15, -0.1) is 0 Å². The van der Waals surface area contributed by atoms with Gasteiger partial charge < -0.3 is 14.9 Å². The minimum Gasteiger partial charge on any atom is -0.395 e. The van der Waals surface area contributed by atoms with E-state index in [1.54, 1.807) is 0 Å². The van der Waals surface area contributed by atoms with E-state index in [1.165, 1.54) is 6.42 Å². The number of benzene rings is 1. The molecule has 1 saturated carbocycles. The smallest absolute Gasteiger partial charge is 0.249 e. The van der Waals surface area contributed by atoms with Crippen LogP contribution in [0.2, 0.25) is 0 Å². The first-order chi connectivity index (χ1) is 13.5. The molecule has 1 aromatic heterocycles. The number of hydrogen-bond donors (Lipinski definition) is 3. The van der Waals surface area contributed by atoms with Crippen molar-refractivity contribution in [2.45, 2.75) is 64.5 Å². The molecule has 29 heavy (non-hydrogen) atoms. The average molecular weight is 418 g/mol. The number of carbonyl (C=O) groups excluding carboxylic acids is 1. The molecule has 1 aromatic carbocycles. The summed E-state index contributed by atoms with van der Waals surface area (Å²) >= 11 is 0. The molecule has 2 atom stereocenters. The number of amides is 1. The second-order valence-electron chi connectivity index (χ2n) is 8.28. The molecule has 1 amide bonds. The lowest BCUT2D eigenvalue weighted by Crippen LogP contribution is -2.57. The SMILES string of the molecule is Cc1noc(C)c1-c1ccc2c(c1)C(N[C@@H](C)CO)(C1CCCCC1)C(=O)N2.S. The maximum atomic E-state index is 13.3. The molecule has 0 spiro atoms.